The van der Waals surface area contributed by atoms with Gasteiger partial charge in [-0.3, -0.25) is 0 Å². The van der Waals surface area contributed by atoms with E-state index in [-0.39, 0.29) is 21.1 Å². The molecule has 24 heavy (non-hydrogen) atoms. The topological polar surface area (TPSA) is 78.3 Å². The van der Waals surface area contributed by atoms with Gasteiger partial charge < -0.3 is 4.74 Å². The first-order valence-corrected chi connectivity index (χ1v) is 8.74. The molecule has 0 aliphatic heterocycles. The summed E-state index contributed by atoms with van der Waals surface area (Å²) in [7, 11) is -2.68. The summed E-state index contributed by atoms with van der Waals surface area (Å²) < 4.78 is 31.6. The Kier molecular flexibility index (Phi) is 4.06. The van der Waals surface area contributed by atoms with Gasteiger partial charge >= 0.3 is 5.97 Å². The fourth-order valence-corrected chi connectivity index (χ4v) is 3.95. The molecule has 124 valence electrons. The summed E-state index contributed by atoms with van der Waals surface area (Å²) in [5, 5.41) is 0.464. The molecule has 0 N–H and O–H groups in total. The van der Waals surface area contributed by atoms with Crippen molar-refractivity contribution in [2.75, 3.05) is 7.11 Å². The quantitative estimate of drug-likeness (QED) is 0.527. The van der Waals surface area contributed by atoms with E-state index in [1.807, 2.05) is 6.92 Å². The van der Waals surface area contributed by atoms with E-state index in [9.17, 15) is 13.2 Å². The molecule has 0 saturated carbocycles. The van der Waals surface area contributed by atoms with Crippen molar-refractivity contribution in [3.63, 3.8) is 0 Å². The van der Waals surface area contributed by atoms with Crippen LogP contribution in [0.2, 0.25) is 5.15 Å². The number of ether oxygens (including phenoxy) is 1. The second-order valence-corrected chi connectivity index (χ2v) is 7.32. The van der Waals surface area contributed by atoms with Gasteiger partial charge in [0.05, 0.1) is 17.5 Å². The first kappa shape index (κ1) is 16.5. The largest absolute Gasteiger partial charge is 0.465 e. The number of benzene rings is 1. The van der Waals surface area contributed by atoms with Crippen LogP contribution in [0, 0.1) is 6.92 Å². The van der Waals surface area contributed by atoms with E-state index in [0.717, 1.165) is 9.54 Å². The Hall–Kier alpha value is -2.38. The highest BCUT2D eigenvalue weighted by Gasteiger charge is 2.24. The van der Waals surface area contributed by atoms with Gasteiger partial charge in [0.1, 0.15) is 10.7 Å². The number of carbonyl (C=O) groups is 1. The van der Waals surface area contributed by atoms with Crippen LogP contribution in [0.3, 0.4) is 0 Å². The van der Waals surface area contributed by atoms with Crippen molar-refractivity contribution in [2.45, 2.75) is 11.8 Å². The molecule has 0 atom stereocenters. The zero-order valence-corrected chi connectivity index (χ0v) is 14.4. The highest BCUT2D eigenvalue weighted by Crippen LogP contribution is 2.29. The number of aryl methyl sites for hydroxylation is 1. The lowest BCUT2D eigenvalue weighted by Crippen LogP contribution is -2.14. The summed E-state index contributed by atoms with van der Waals surface area (Å²) in [6, 6.07) is 7.93. The number of hydrogen-bond acceptors (Lipinski definition) is 5. The normalized spacial score (nSPS) is 11.6. The lowest BCUT2D eigenvalue weighted by atomic mass is 10.2. The smallest absolute Gasteiger partial charge is 0.341 e. The Morgan fingerprint density at radius 1 is 1.21 bits per heavy atom. The van der Waals surface area contributed by atoms with Crippen LogP contribution >= 0.6 is 11.6 Å². The van der Waals surface area contributed by atoms with Crippen molar-refractivity contribution in [1.82, 2.24) is 8.96 Å². The standard InChI is InChI=1S/C16H13ClN2O4S/c1-10-3-5-11(6-4-10)24(21,22)19-8-7-12-14(19)13(16(20)23-2)9-18-15(12)17/h3-9H,1-2H3. The fourth-order valence-electron chi connectivity index (χ4n) is 2.38. The summed E-state index contributed by atoms with van der Waals surface area (Å²) in [4.78, 5) is 16.0. The minimum atomic E-state index is -3.90. The molecule has 0 amide bonds. The molecule has 3 aromatic rings. The number of pyridine rings is 1. The Balaban J connectivity index is 2.32. The number of methoxy groups -OCH3 is 1. The average Bonchev–Trinajstić information content (AvgIpc) is 3.01. The van der Waals surface area contributed by atoms with E-state index in [1.54, 1.807) is 12.1 Å². The van der Waals surface area contributed by atoms with Crippen LogP contribution in [0.1, 0.15) is 15.9 Å². The minimum absolute atomic E-state index is 0.0255. The number of carbonyl (C=O) groups excluding carboxylic acids is 1. The van der Waals surface area contributed by atoms with Crippen molar-refractivity contribution in [3.05, 3.63) is 59.0 Å². The van der Waals surface area contributed by atoms with Crippen molar-refractivity contribution in [2.24, 2.45) is 0 Å². The number of hydrogen-bond donors (Lipinski definition) is 0. The Bertz CT molecular complexity index is 1040. The number of rotatable bonds is 3. The molecular weight excluding hydrogens is 352 g/mol. The maximum absolute atomic E-state index is 12.9. The zero-order valence-electron chi connectivity index (χ0n) is 12.9. The number of fused-ring (bicyclic) bond motifs is 1. The molecule has 0 radical (unpaired) electrons. The fraction of sp³-hybridized carbons (Fsp3) is 0.125. The second-order valence-electron chi connectivity index (χ2n) is 5.15. The van der Waals surface area contributed by atoms with E-state index in [2.05, 4.69) is 4.98 Å². The number of nitrogens with zero attached hydrogens (tertiary/aromatic N) is 2. The number of esters is 1. The van der Waals surface area contributed by atoms with Gasteiger partial charge in [0.25, 0.3) is 10.0 Å². The molecule has 0 fully saturated rings. The van der Waals surface area contributed by atoms with Crippen LogP contribution in [-0.2, 0) is 14.8 Å². The first-order valence-electron chi connectivity index (χ1n) is 6.92. The molecule has 8 heteroatoms. The minimum Gasteiger partial charge on any atom is -0.465 e. The SMILES string of the molecule is COC(=O)c1cnc(Cl)c2ccn(S(=O)(=O)c3ccc(C)cc3)c12. The molecular formula is C16H13ClN2O4S. The van der Waals surface area contributed by atoms with E-state index < -0.39 is 16.0 Å². The van der Waals surface area contributed by atoms with Crippen LogP contribution < -0.4 is 0 Å². The van der Waals surface area contributed by atoms with Gasteiger partial charge in [-0.2, -0.15) is 0 Å². The van der Waals surface area contributed by atoms with Gasteiger partial charge in [0.15, 0.2) is 0 Å². The van der Waals surface area contributed by atoms with Crippen molar-refractivity contribution < 1.29 is 17.9 Å². The third-order valence-corrected chi connectivity index (χ3v) is 5.61. The molecule has 0 saturated heterocycles. The van der Waals surface area contributed by atoms with Crippen LogP contribution in [-0.4, -0.2) is 30.5 Å². The van der Waals surface area contributed by atoms with Gasteiger partial charge in [-0.05, 0) is 25.1 Å². The summed E-state index contributed by atoms with van der Waals surface area (Å²) in [6.45, 7) is 1.86. The molecule has 1 aromatic carbocycles. The van der Waals surface area contributed by atoms with Crippen molar-refractivity contribution >= 4 is 38.5 Å². The summed E-state index contributed by atoms with van der Waals surface area (Å²) in [5.74, 6) is -0.691. The maximum Gasteiger partial charge on any atom is 0.341 e. The van der Waals surface area contributed by atoms with E-state index in [0.29, 0.717) is 5.39 Å². The molecule has 0 bridgehead atoms. The van der Waals surface area contributed by atoms with Gasteiger partial charge in [-0.1, -0.05) is 29.3 Å². The zero-order chi connectivity index (χ0) is 17.5. The molecule has 2 heterocycles. The molecule has 0 aliphatic carbocycles. The summed E-state index contributed by atoms with van der Waals surface area (Å²) in [6.07, 6.45) is 2.55. The number of halogens is 1. The maximum atomic E-state index is 12.9. The van der Waals surface area contributed by atoms with Crippen LogP contribution in [0.4, 0.5) is 0 Å². The van der Waals surface area contributed by atoms with Crippen LogP contribution in [0.15, 0.2) is 47.6 Å². The van der Waals surface area contributed by atoms with Gasteiger partial charge in [-0.15, -0.1) is 0 Å². The Morgan fingerprint density at radius 3 is 2.50 bits per heavy atom. The monoisotopic (exact) mass is 364 g/mol. The average molecular weight is 365 g/mol. The molecule has 3 rings (SSSR count). The third kappa shape index (κ3) is 2.55. The molecule has 0 spiro atoms. The van der Waals surface area contributed by atoms with Crippen LogP contribution in [0.25, 0.3) is 10.9 Å². The summed E-state index contributed by atoms with van der Waals surface area (Å²) in [5.41, 5.74) is 1.11. The lowest BCUT2D eigenvalue weighted by molar-refractivity contribution is 0.0602. The van der Waals surface area contributed by atoms with Gasteiger partial charge in [0, 0.05) is 17.8 Å². The molecule has 0 aliphatic rings. The third-order valence-electron chi connectivity index (χ3n) is 3.62. The number of aromatic nitrogens is 2. The van der Waals surface area contributed by atoms with E-state index in [1.165, 1.54) is 37.7 Å². The lowest BCUT2D eigenvalue weighted by Gasteiger charge is -2.10. The predicted octanol–water partition coefficient (Wildman–Crippen LogP) is 3.02. The summed E-state index contributed by atoms with van der Waals surface area (Å²) >= 11 is 6.04. The van der Waals surface area contributed by atoms with E-state index >= 15 is 0 Å². The molecule has 6 nitrogen and oxygen atoms in total. The Labute approximate surface area is 143 Å². The Morgan fingerprint density at radius 2 is 1.88 bits per heavy atom. The second kappa shape index (κ2) is 5.92. The highest BCUT2D eigenvalue weighted by molar-refractivity contribution is 7.90. The first-order chi connectivity index (χ1) is 11.4. The molecule has 0 unspecified atom stereocenters. The van der Waals surface area contributed by atoms with Crippen molar-refractivity contribution in [3.8, 4) is 0 Å². The van der Waals surface area contributed by atoms with Gasteiger partial charge in [0.2, 0.25) is 0 Å². The van der Waals surface area contributed by atoms with Crippen LogP contribution in [0.5, 0.6) is 0 Å². The predicted molar refractivity (Wildman–Crippen MR) is 89.8 cm³/mol. The van der Waals surface area contributed by atoms with Gasteiger partial charge in [-0.25, -0.2) is 22.2 Å². The van der Waals surface area contributed by atoms with Crippen molar-refractivity contribution in [1.29, 1.82) is 0 Å². The van der Waals surface area contributed by atoms with E-state index in [4.69, 9.17) is 16.3 Å². The highest BCUT2D eigenvalue weighted by atomic mass is 35.5. The molecule has 2 aromatic heterocycles.